The van der Waals surface area contributed by atoms with Crippen LogP contribution in [0.3, 0.4) is 0 Å². The molecule has 3 heterocycles. The molecule has 1 atom stereocenters. The fourth-order valence-electron chi connectivity index (χ4n) is 4.51. The molecule has 0 bridgehead atoms. The van der Waals surface area contributed by atoms with E-state index in [2.05, 4.69) is 10.6 Å². The van der Waals surface area contributed by atoms with Crippen molar-refractivity contribution in [2.24, 2.45) is 5.73 Å². The molecule has 4 N–H and O–H groups in total. The number of carbonyl (C=O) groups excluding carboxylic acids is 6. The summed E-state index contributed by atoms with van der Waals surface area (Å²) in [4.78, 5) is 75.6. The zero-order valence-corrected chi connectivity index (χ0v) is 18.4. The van der Waals surface area contributed by atoms with Crippen LogP contribution < -0.4 is 16.4 Å². The number of nitrogens with one attached hydrogen (secondary N) is 2. The van der Waals surface area contributed by atoms with Crippen LogP contribution in [0, 0.1) is 0 Å². The SMILES string of the molecule is NC(=O)OC1CCN(C(=O)CCNc2cccc3c2C(=O)N(C2CCC(=O)NC2=O)C3=O)CC1. The van der Waals surface area contributed by atoms with Crippen LogP contribution in [0.15, 0.2) is 18.2 Å². The van der Waals surface area contributed by atoms with Gasteiger partial charge in [-0.25, -0.2) is 4.79 Å². The molecule has 0 aromatic heterocycles. The number of imide groups is 2. The molecule has 0 aliphatic carbocycles. The molecule has 3 aliphatic heterocycles. The number of amides is 6. The fourth-order valence-corrected chi connectivity index (χ4v) is 4.51. The van der Waals surface area contributed by atoms with Gasteiger partial charge in [-0.05, 0) is 18.6 Å². The Balaban J connectivity index is 1.36. The van der Waals surface area contributed by atoms with Gasteiger partial charge in [-0.2, -0.15) is 0 Å². The molecule has 6 amide bonds. The van der Waals surface area contributed by atoms with Crippen LogP contribution in [-0.4, -0.2) is 77.2 Å². The Morgan fingerprint density at radius 1 is 1.09 bits per heavy atom. The molecule has 12 nitrogen and oxygen atoms in total. The van der Waals surface area contributed by atoms with Gasteiger partial charge in [0.25, 0.3) is 11.8 Å². The van der Waals surface area contributed by atoms with Crippen LogP contribution in [0.5, 0.6) is 0 Å². The topological polar surface area (TPSA) is 168 Å². The highest BCUT2D eigenvalue weighted by molar-refractivity contribution is 6.25. The maximum atomic E-state index is 13.1. The number of benzene rings is 1. The summed E-state index contributed by atoms with van der Waals surface area (Å²) in [6, 6.07) is 3.72. The molecule has 1 unspecified atom stereocenters. The second-order valence-corrected chi connectivity index (χ2v) is 8.37. The van der Waals surface area contributed by atoms with E-state index in [-0.39, 0.29) is 48.9 Å². The van der Waals surface area contributed by atoms with Crippen molar-refractivity contribution in [2.75, 3.05) is 25.0 Å². The first-order valence-electron chi connectivity index (χ1n) is 11.1. The first-order chi connectivity index (χ1) is 16.3. The molecule has 12 heteroatoms. The lowest BCUT2D eigenvalue weighted by Crippen LogP contribution is -2.54. The van der Waals surface area contributed by atoms with E-state index in [1.807, 2.05) is 0 Å². The van der Waals surface area contributed by atoms with Crippen molar-refractivity contribution in [2.45, 2.75) is 44.2 Å². The zero-order valence-electron chi connectivity index (χ0n) is 18.4. The summed E-state index contributed by atoms with van der Waals surface area (Å²) in [6.45, 7) is 1.13. The number of primary amides is 1. The monoisotopic (exact) mass is 471 g/mol. The number of nitrogens with zero attached hydrogens (tertiary/aromatic N) is 2. The van der Waals surface area contributed by atoms with E-state index in [1.54, 1.807) is 17.0 Å². The average Bonchev–Trinajstić information content (AvgIpc) is 3.05. The van der Waals surface area contributed by atoms with Gasteiger partial charge >= 0.3 is 6.09 Å². The van der Waals surface area contributed by atoms with Crippen LogP contribution in [0.2, 0.25) is 0 Å². The summed E-state index contributed by atoms with van der Waals surface area (Å²) in [5, 5.41) is 5.22. The lowest BCUT2D eigenvalue weighted by Gasteiger charge is -2.31. The Hall–Kier alpha value is -3.96. The van der Waals surface area contributed by atoms with Crippen LogP contribution >= 0.6 is 0 Å². The summed E-state index contributed by atoms with van der Waals surface area (Å²) in [5.74, 6) is -2.40. The average molecular weight is 471 g/mol. The second kappa shape index (κ2) is 9.49. The van der Waals surface area contributed by atoms with Crippen LogP contribution in [0.25, 0.3) is 0 Å². The third kappa shape index (κ3) is 4.56. The number of hydrogen-bond donors (Lipinski definition) is 3. The first-order valence-corrected chi connectivity index (χ1v) is 11.1. The highest BCUT2D eigenvalue weighted by atomic mass is 16.6. The normalized spacial score (nSPS) is 20.8. The van der Waals surface area contributed by atoms with Crippen molar-refractivity contribution in [3.63, 3.8) is 0 Å². The van der Waals surface area contributed by atoms with E-state index in [0.717, 1.165) is 4.90 Å². The smallest absolute Gasteiger partial charge is 0.404 e. The molecule has 180 valence electrons. The predicted molar refractivity (Wildman–Crippen MR) is 116 cm³/mol. The standard InChI is InChI=1S/C22H25N5O7/c23-22(33)34-12-7-10-26(11-8-12)17(29)6-9-24-14-3-1-2-13-18(14)21(32)27(20(13)31)15-4-5-16(28)25-19(15)30/h1-3,12,15,24H,4-11H2,(H2,23,33)(H,25,28,30). The van der Waals surface area contributed by atoms with E-state index >= 15 is 0 Å². The number of ether oxygens (including phenoxy) is 1. The Bertz CT molecular complexity index is 1060. The van der Waals surface area contributed by atoms with Crippen LogP contribution in [0.1, 0.15) is 52.8 Å². The number of carbonyl (C=O) groups is 6. The molecule has 3 aliphatic rings. The Morgan fingerprint density at radius 3 is 2.50 bits per heavy atom. The Labute approximate surface area is 194 Å². The van der Waals surface area contributed by atoms with Gasteiger partial charge in [0.15, 0.2) is 0 Å². The molecule has 4 rings (SSSR count). The van der Waals surface area contributed by atoms with E-state index in [0.29, 0.717) is 31.6 Å². The van der Waals surface area contributed by atoms with Gasteiger partial charge < -0.3 is 20.7 Å². The van der Waals surface area contributed by atoms with Crippen LogP contribution in [-0.2, 0) is 19.1 Å². The maximum absolute atomic E-state index is 13.1. The summed E-state index contributed by atoms with van der Waals surface area (Å²) >= 11 is 0. The van der Waals surface area contributed by atoms with Crippen molar-refractivity contribution in [3.05, 3.63) is 29.3 Å². The van der Waals surface area contributed by atoms with Gasteiger partial charge in [-0.1, -0.05) is 6.07 Å². The lowest BCUT2D eigenvalue weighted by atomic mass is 10.0. The largest absolute Gasteiger partial charge is 0.446 e. The van der Waals surface area contributed by atoms with E-state index < -0.39 is 35.8 Å². The van der Waals surface area contributed by atoms with Crippen LogP contribution in [0.4, 0.5) is 10.5 Å². The van der Waals surface area contributed by atoms with Crippen molar-refractivity contribution >= 4 is 41.3 Å². The molecule has 0 spiro atoms. The minimum absolute atomic E-state index is 0.0446. The van der Waals surface area contributed by atoms with Crippen molar-refractivity contribution in [1.82, 2.24) is 15.1 Å². The Kier molecular flexibility index (Phi) is 6.48. The molecule has 0 saturated carbocycles. The quantitative estimate of drug-likeness (QED) is 0.486. The fraction of sp³-hybridized carbons (Fsp3) is 0.455. The zero-order chi connectivity index (χ0) is 24.4. The molecular formula is C22H25N5O7. The van der Waals surface area contributed by atoms with E-state index in [9.17, 15) is 28.8 Å². The number of likely N-dealkylation sites (tertiary alicyclic amines) is 1. The number of piperidine rings is 2. The number of hydrogen-bond acceptors (Lipinski definition) is 8. The van der Waals surface area contributed by atoms with E-state index in [1.165, 1.54) is 6.07 Å². The van der Waals surface area contributed by atoms with Gasteiger partial charge in [-0.3, -0.25) is 34.2 Å². The third-order valence-electron chi connectivity index (χ3n) is 6.20. The van der Waals surface area contributed by atoms with Crippen molar-refractivity contribution in [1.29, 1.82) is 0 Å². The number of fused-ring (bicyclic) bond motifs is 1. The predicted octanol–water partition coefficient (Wildman–Crippen LogP) is -0.0239. The van der Waals surface area contributed by atoms with E-state index in [4.69, 9.17) is 10.5 Å². The summed E-state index contributed by atoms with van der Waals surface area (Å²) in [7, 11) is 0. The summed E-state index contributed by atoms with van der Waals surface area (Å²) in [5.41, 5.74) is 5.74. The molecule has 1 aromatic carbocycles. The maximum Gasteiger partial charge on any atom is 0.404 e. The number of rotatable bonds is 6. The summed E-state index contributed by atoms with van der Waals surface area (Å²) in [6.07, 6.45) is 0.194. The molecule has 2 fully saturated rings. The molecule has 2 saturated heterocycles. The lowest BCUT2D eigenvalue weighted by molar-refractivity contribution is -0.136. The first kappa shape index (κ1) is 23.2. The van der Waals surface area contributed by atoms with Gasteiger partial charge in [0.05, 0.1) is 11.1 Å². The highest BCUT2D eigenvalue weighted by Crippen LogP contribution is 2.32. The molecule has 1 aromatic rings. The number of anilines is 1. The highest BCUT2D eigenvalue weighted by Gasteiger charge is 2.45. The van der Waals surface area contributed by atoms with Gasteiger partial charge in [-0.15, -0.1) is 0 Å². The second-order valence-electron chi connectivity index (χ2n) is 8.37. The number of nitrogens with two attached hydrogens (primary N) is 1. The van der Waals surface area contributed by atoms with Gasteiger partial charge in [0, 0.05) is 51.0 Å². The molecule has 0 radical (unpaired) electrons. The van der Waals surface area contributed by atoms with Gasteiger partial charge in [0.1, 0.15) is 12.1 Å². The van der Waals surface area contributed by atoms with Gasteiger partial charge in [0.2, 0.25) is 17.7 Å². The minimum atomic E-state index is -1.04. The van der Waals surface area contributed by atoms with Crippen molar-refractivity contribution in [3.8, 4) is 0 Å². The summed E-state index contributed by atoms with van der Waals surface area (Å²) < 4.78 is 4.97. The Morgan fingerprint density at radius 2 is 1.82 bits per heavy atom. The molecule has 34 heavy (non-hydrogen) atoms. The molecular weight excluding hydrogens is 446 g/mol. The minimum Gasteiger partial charge on any atom is -0.446 e. The third-order valence-corrected chi connectivity index (χ3v) is 6.20. The van der Waals surface area contributed by atoms with Crippen molar-refractivity contribution < 1.29 is 33.5 Å².